The van der Waals surface area contributed by atoms with Gasteiger partial charge in [0.05, 0.1) is 11.6 Å². The number of hydrogen-bond donors (Lipinski definition) is 1. The largest absolute Gasteiger partial charge is 0.424 e. The molecule has 1 aliphatic carbocycles. The van der Waals surface area contributed by atoms with Crippen molar-refractivity contribution in [2.75, 3.05) is 23.3 Å². The van der Waals surface area contributed by atoms with E-state index in [4.69, 9.17) is 9.26 Å². The molecule has 2 fully saturated rings. The summed E-state index contributed by atoms with van der Waals surface area (Å²) in [4.78, 5) is 11.0. The summed E-state index contributed by atoms with van der Waals surface area (Å²) in [5, 5.41) is 11.9. The van der Waals surface area contributed by atoms with Crippen molar-refractivity contribution in [1.29, 1.82) is 0 Å². The van der Waals surface area contributed by atoms with Crippen LogP contribution in [0, 0.1) is 25.7 Å². The third-order valence-corrected chi connectivity index (χ3v) is 6.59. The molecule has 1 aromatic carbocycles. The monoisotopic (exact) mass is 491 g/mol. The van der Waals surface area contributed by atoms with Crippen molar-refractivity contribution >= 4 is 12.0 Å². The second kappa shape index (κ2) is 8.72. The second-order valence-corrected chi connectivity index (χ2v) is 9.69. The zero-order valence-electron chi connectivity index (χ0n) is 20.0. The lowest BCUT2D eigenvalue weighted by Gasteiger charge is -2.37. The number of aryl methyl sites for hydroxylation is 2. The summed E-state index contributed by atoms with van der Waals surface area (Å²) in [7, 11) is 0. The van der Waals surface area contributed by atoms with Crippen LogP contribution in [0.5, 0.6) is 11.8 Å². The molecule has 2 aromatic heterocycles. The van der Waals surface area contributed by atoms with Crippen molar-refractivity contribution in [3.05, 3.63) is 35.2 Å². The smallest absolute Gasteiger partial charge is 0.416 e. The Morgan fingerprint density at radius 3 is 2.40 bits per heavy atom. The number of benzene rings is 1. The second-order valence-electron chi connectivity index (χ2n) is 9.69. The van der Waals surface area contributed by atoms with Crippen molar-refractivity contribution in [2.24, 2.45) is 11.8 Å². The number of anilines is 2. The number of alkyl halides is 3. The highest BCUT2D eigenvalue weighted by Gasteiger charge is 2.44. The first-order valence-corrected chi connectivity index (χ1v) is 11.7. The lowest BCUT2D eigenvalue weighted by Crippen LogP contribution is -2.48. The van der Waals surface area contributed by atoms with Gasteiger partial charge in [-0.1, -0.05) is 5.16 Å². The lowest BCUT2D eigenvalue weighted by molar-refractivity contribution is -0.137. The molecule has 1 aliphatic heterocycles. The first-order valence-electron chi connectivity index (χ1n) is 11.7. The fourth-order valence-electron chi connectivity index (χ4n) is 5.03. The Bertz CT molecular complexity index is 1190. The van der Waals surface area contributed by atoms with Gasteiger partial charge < -0.3 is 19.5 Å². The predicted octanol–water partition coefficient (Wildman–Crippen LogP) is 5.00. The Morgan fingerprint density at radius 1 is 1.09 bits per heavy atom. The highest BCUT2D eigenvalue weighted by atomic mass is 19.4. The Labute approximate surface area is 200 Å². The molecule has 3 heterocycles. The van der Waals surface area contributed by atoms with Gasteiger partial charge in [0.1, 0.15) is 5.75 Å². The van der Waals surface area contributed by atoms with Gasteiger partial charge in [-0.2, -0.15) is 23.1 Å². The maximum atomic E-state index is 13.3. The molecule has 3 aromatic rings. The molecule has 0 unspecified atom stereocenters. The summed E-state index contributed by atoms with van der Waals surface area (Å²) in [6, 6.07) is 4.39. The minimum absolute atomic E-state index is 0.0707. The number of halogens is 3. The number of aromatic nitrogens is 5. The van der Waals surface area contributed by atoms with Crippen LogP contribution in [-0.4, -0.2) is 44.0 Å². The van der Waals surface area contributed by atoms with Crippen LogP contribution >= 0.6 is 0 Å². The summed E-state index contributed by atoms with van der Waals surface area (Å²) < 4.78 is 52.5. The molecule has 1 saturated carbocycles. The van der Waals surface area contributed by atoms with Gasteiger partial charge >= 0.3 is 18.2 Å². The average molecular weight is 492 g/mol. The fraction of sp³-hybridized carbons (Fsp3) is 0.565. The van der Waals surface area contributed by atoms with E-state index >= 15 is 0 Å². The van der Waals surface area contributed by atoms with E-state index in [9.17, 15) is 13.2 Å². The van der Waals surface area contributed by atoms with Crippen LogP contribution in [0.1, 0.15) is 49.7 Å². The van der Waals surface area contributed by atoms with Crippen molar-refractivity contribution in [3.8, 4) is 11.8 Å². The molecule has 1 N–H and O–H groups in total. The molecular weight excluding hydrogens is 463 g/mol. The average Bonchev–Trinajstić information content (AvgIpc) is 3.43. The molecule has 35 heavy (non-hydrogen) atoms. The molecule has 9 nitrogen and oxygen atoms in total. The first-order chi connectivity index (χ1) is 16.6. The highest BCUT2D eigenvalue weighted by Crippen LogP contribution is 2.40. The van der Waals surface area contributed by atoms with E-state index in [1.165, 1.54) is 0 Å². The minimum Gasteiger partial charge on any atom is -0.424 e. The number of rotatable bonds is 6. The van der Waals surface area contributed by atoms with Crippen LogP contribution in [0.2, 0.25) is 0 Å². The molecule has 3 atom stereocenters. The van der Waals surface area contributed by atoms with Gasteiger partial charge in [-0.15, -0.1) is 5.10 Å². The molecular formula is C23H28F3N7O2. The Morgan fingerprint density at radius 2 is 1.80 bits per heavy atom. The number of hydrogen-bond acceptors (Lipinski definition) is 8. The molecule has 0 amide bonds. The Kier molecular flexibility index (Phi) is 5.84. The van der Waals surface area contributed by atoms with Crippen molar-refractivity contribution < 1.29 is 22.4 Å². The van der Waals surface area contributed by atoms with Gasteiger partial charge in [0.25, 0.3) is 0 Å². The topological polar surface area (TPSA) is 94.1 Å². The number of fused-ring (bicyclic) bond motifs is 2. The molecule has 0 spiro atoms. The van der Waals surface area contributed by atoms with Gasteiger partial charge in [-0.3, -0.25) is 0 Å². The van der Waals surface area contributed by atoms with E-state index in [1.807, 2.05) is 13.8 Å². The van der Waals surface area contributed by atoms with Crippen molar-refractivity contribution in [3.63, 3.8) is 0 Å². The van der Waals surface area contributed by atoms with Crippen molar-refractivity contribution in [1.82, 2.24) is 24.9 Å². The van der Waals surface area contributed by atoms with Crippen molar-refractivity contribution in [2.45, 2.75) is 58.8 Å². The normalized spacial score (nSPS) is 22.2. The molecule has 5 rings (SSSR count). The molecule has 2 aliphatic rings. The van der Waals surface area contributed by atoms with E-state index in [2.05, 4.69) is 30.4 Å². The van der Waals surface area contributed by atoms with E-state index in [0.29, 0.717) is 35.2 Å². The van der Waals surface area contributed by atoms with Gasteiger partial charge in [-0.25, -0.2) is 4.68 Å². The van der Waals surface area contributed by atoms with Gasteiger partial charge in [0.15, 0.2) is 5.82 Å². The molecule has 188 valence electrons. The van der Waals surface area contributed by atoms with Crippen LogP contribution in [0.25, 0.3) is 0 Å². The summed E-state index contributed by atoms with van der Waals surface area (Å²) in [6.45, 7) is 8.79. The third-order valence-electron chi connectivity index (χ3n) is 6.59. The van der Waals surface area contributed by atoms with Crippen LogP contribution in [0.4, 0.5) is 25.1 Å². The number of nitrogens with zero attached hydrogens (tertiary/aromatic N) is 6. The highest BCUT2D eigenvalue weighted by molar-refractivity contribution is 5.38. The Hall–Kier alpha value is -3.31. The van der Waals surface area contributed by atoms with Crippen LogP contribution in [0.3, 0.4) is 0 Å². The quantitative estimate of drug-likeness (QED) is 0.515. The van der Waals surface area contributed by atoms with Crippen LogP contribution in [-0.2, 0) is 6.18 Å². The summed E-state index contributed by atoms with van der Waals surface area (Å²) in [5.41, 5.74) is -0.315. The maximum absolute atomic E-state index is 13.3. The van der Waals surface area contributed by atoms with Gasteiger partial charge in [0, 0.05) is 19.1 Å². The van der Waals surface area contributed by atoms with Crippen LogP contribution in [0.15, 0.2) is 22.7 Å². The Balaban J connectivity index is 1.34. The zero-order chi connectivity index (χ0) is 24.9. The van der Waals surface area contributed by atoms with E-state index < -0.39 is 11.7 Å². The summed E-state index contributed by atoms with van der Waals surface area (Å²) >= 11 is 0. The standard InChI is InChI=1S/C23H28F3N7O2/c1-12(2)33-22(34-18-8-13(3)7-17(9-18)23(24,25)26)29-20(30-33)28-19-15-5-6-16(19)11-32(10-15)21-27-14(4)31-35-21/h7-9,12,15-16,19H,5-6,10-11H2,1-4H3,(H,28,30)/t15-,16+,19-. The molecule has 12 heteroatoms. The van der Waals surface area contributed by atoms with E-state index in [1.54, 1.807) is 24.6 Å². The SMILES string of the molecule is Cc1cc(Oc2nc(N[C@@H]3[C@@H]4CC[C@H]3CN(c3nc(C)no3)C4)nn2C(C)C)cc(C(F)(F)F)c1. The molecule has 0 radical (unpaired) electrons. The van der Waals surface area contributed by atoms with E-state index in [0.717, 1.165) is 38.1 Å². The molecule has 2 bridgehead atoms. The van der Waals surface area contributed by atoms with Gasteiger partial charge in [0.2, 0.25) is 5.95 Å². The summed E-state index contributed by atoms with van der Waals surface area (Å²) in [6.07, 6.45) is -2.34. The minimum atomic E-state index is -4.46. The number of ether oxygens (including phenoxy) is 1. The fourth-order valence-corrected chi connectivity index (χ4v) is 5.03. The zero-order valence-corrected chi connectivity index (χ0v) is 20.0. The van der Waals surface area contributed by atoms with Gasteiger partial charge in [-0.05, 0) is 76.1 Å². The van der Waals surface area contributed by atoms with Crippen LogP contribution < -0.4 is 15.0 Å². The maximum Gasteiger partial charge on any atom is 0.416 e. The number of piperidine rings is 1. The first kappa shape index (κ1) is 23.4. The molecule has 1 saturated heterocycles. The number of nitrogens with one attached hydrogen (secondary N) is 1. The predicted molar refractivity (Wildman–Crippen MR) is 122 cm³/mol. The lowest BCUT2D eigenvalue weighted by atomic mass is 9.92. The third kappa shape index (κ3) is 4.78. The van der Waals surface area contributed by atoms with E-state index in [-0.39, 0.29) is 23.8 Å². The summed E-state index contributed by atoms with van der Waals surface area (Å²) in [5.74, 6) is 1.78.